The van der Waals surface area contributed by atoms with E-state index in [2.05, 4.69) is 5.32 Å². The van der Waals surface area contributed by atoms with Gasteiger partial charge in [0, 0.05) is 19.1 Å². The zero-order valence-corrected chi connectivity index (χ0v) is 10.0. The van der Waals surface area contributed by atoms with Gasteiger partial charge in [0.15, 0.2) is 0 Å². The first kappa shape index (κ1) is 13.1. The molecule has 1 aliphatic rings. The van der Waals surface area contributed by atoms with E-state index in [1.54, 1.807) is 0 Å². The Morgan fingerprint density at radius 1 is 1.44 bits per heavy atom. The number of imide groups is 1. The number of amides is 2. The van der Waals surface area contributed by atoms with Crippen molar-refractivity contribution in [1.29, 1.82) is 0 Å². The predicted molar refractivity (Wildman–Crippen MR) is 61.7 cm³/mol. The van der Waals surface area contributed by atoms with Gasteiger partial charge in [-0.05, 0) is 12.8 Å². The Morgan fingerprint density at radius 3 is 2.56 bits per heavy atom. The standard InChI is InChI=1S/C11H21N3O2/c1-3-8(4-2)14-10(15)7-9(11(14)16)13-6-5-12/h8-9,13H,3-7,12H2,1-2H3. The van der Waals surface area contributed by atoms with Crippen molar-refractivity contribution in [2.24, 2.45) is 5.73 Å². The van der Waals surface area contributed by atoms with Crippen molar-refractivity contribution in [3.05, 3.63) is 0 Å². The van der Waals surface area contributed by atoms with Gasteiger partial charge in [0.2, 0.25) is 11.8 Å². The Balaban J connectivity index is 2.66. The molecule has 0 saturated carbocycles. The van der Waals surface area contributed by atoms with Crippen LogP contribution in [0.4, 0.5) is 0 Å². The maximum absolute atomic E-state index is 12.0. The molecule has 0 bridgehead atoms. The molecule has 3 N–H and O–H groups in total. The topological polar surface area (TPSA) is 75.4 Å². The molecular weight excluding hydrogens is 206 g/mol. The van der Waals surface area contributed by atoms with E-state index in [1.807, 2.05) is 13.8 Å². The summed E-state index contributed by atoms with van der Waals surface area (Å²) in [5.74, 6) is -0.152. The highest BCUT2D eigenvalue weighted by atomic mass is 16.2. The van der Waals surface area contributed by atoms with Gasteiger partial charge in [-0.2, -0.15) is 0 Å². The summed E-state index contributed by atoms with van der Waals surface area (Å²) in [5.41, 5.74) is 5.36. The lowest BCUT2D eigenvalue weighted by Gasteiger charge is -2.24. The largest absolute Gasteiger partial charge is 0.329 e. The monoisotopic (exact) mass is 227 g/mol. The fourth-order valence-corrected chi connectivity index (χ4v) is 2.11. The molecule has 2 amide bonds. The summed E-state index contributed by atoms with van der Waals surface area (Å²) in [7, 11) is 0. The summed E-state index contributed by atoms with van der Waals surface area (Å²) >= 11 is 0. The van der Waals surface area contributed by atoms with Crippen LogP contribution in [0.25, 0.3) is 0 Å². The number of nitrogens with zero attached hydrogens (tertiary/aromatic N) is 1. The van der Waals surface area contributed by atoms with Crippen LogP contribution < -0.4 is 11.1 Å². The number of carbonyl (C=O) groups excluding carboxylic acids is 2. The molecule has 5 nitrogen and oxygen atoms in total. The van der Waals surface area contributed by atoms with Gasteiger partial charge in [0.05, 0.1) is 12.5 Å². The highest BCUT2D eigenvalue weighted by molar-refractivity contribution is 6.05. The lowest BCUT2D eigenvalue weighted by atomic mass is 10.1. The summed E-state index contributed by atoms with van der Waals surface area (Å²) in [4.78, 5) is 25.2. The van der Waals surface area contributed by atoms with Crippen LogP contribution in [0.1, 0.15) is 33.1 Å². The summed E-state index contributed by atoms with van der Waals surface area (Å²) in [6.45, 7) is 5.04. The highest BCUT2D eigenvalue weighted by Crippen LogP contribution is 2.19. The first-order valence-corrected chi connectivity index (χ1v) is 5.95. The summed E-state index contributed by atoms with van der Waals surface area (Å²) in [5, 5.41) is 3.01. The Hall–Kier alpha value is -0.940. The smallest absolute Gasteiger partial charge is 0.247 e. The van der Waals surface area contributed by atoms with E-state index in [0.29, 0.717) is 13.1 Å². The fraction of sp³-hybridized carbons (Fsp3) is 0.818. The molecule has 1 fully saturated rings. The molecule has 16 heavy (non-hydrogen) atoms. The Kier molecular flexibility index (Phi) is 4.89. The molecule has 1 heterocycles. The first-order valence-electron chi connectivity index (χ1n) is 5.95. The molecule has 0 aliphatic carbocycles. The van der Waals surface area contributed by atoms with E-state index >= 15 is 0 Å². The normalized spacial score (nSPS) is 21.2. The predicted octanol–water partition coefficient (Wildman–Crippen LogP) is -0.149. The number of hydrogen-bond donors (Lipinski definition) is 2. The van der Waals surface area contributed by atoms with Crippen molar-refractivity contribution in [2.45, 2.75) is 45.2 Å². The van der Waals surface area contributed by atoms with Gasteiger partial charge in [0.1, 0.15) is 0 Å². The van der Waals surface area contributed by atoms with E-state index in [1.165, 1.54) is 4.90 Å². The lowest BCUT2D eigenvalue weighted by molar-refractivity contribution is -0.141. The average Bonchev–Trinajstić information content (AvgIpc) is 2.55. The van der Waals surface area contributed by atoms with Crippen LogP contribution in [-0.2, 0) is 9.59 Å². The summed E-state index contributed by atoms with van der Waals surface area (Å²) < 4.78 is 0. The van der Waals surface area contributed by atoms with Crippen LogP contribution in [0, 0.1) is 0 Å². The van der Waals surface area contributed by atoms with E-state index in [9.17, 15) is 9.59 Å². The van der Waals surface area contributed by atoms with Gasteiger partial charge >= 0.3 is 0 Å². The average molecular weight is 227 g/mol. The minimum absolute atomic E-state index is 0.0460. The molecule has 0 aromatic rings. The van der Waals surface area contributed by atoms with Crippen LogP contribution in [0.15, 0.2) is 0 Å². The molecule has 0 radical (unpaired) electrons. The van der Waals surface area contributed by atoms with E-state index in [-0.39, 0.29) is 30.3 Å². The molecule has 0 aromatic carbocycles. The first-order chi connectivity index (χ1) is 7.65. The SMILES string of the molecule is CCC(CC)N1C(=O)CC(NCCN)C1=O. The molecule has 0 spiro atoms. The summed E-state index contributed by atoms with van der Waals surface area (Å²) in [6.07, 6.45) is 1.91. The third kappa shape index (κ3) is 2.59. The Bertz CT molecular complexity index is 264. The molecular formula is C11H21N3O2. The van der Waals surface area contributed by atoms with E-state index in [0.717, 1.165) is 12.8 Å². The summed E-state index contributed by atoms with van der Waals surface area (Å²) in [6, 6.07) is -0.318. The van der Waals surface area contributed by atoms with Crippen LogP contribution in [0.5, 0.6) is 0 Å². The second-order valence-corrected chi connectivity index (χ2v) is 4.07. The second kappa shape index (κ2) is 5.96. The molecule has 1 atom stereocenters. The number of likely N-dealkylation sites (tertiary alicyclic amines) is 1. The maximum Gasteiger partial charge on any atom is 0.247 e. The van der Waals surface area contributed by atoms with Crippen molar-refractivity contribution in [3.8, 4) is 0 Å². The maximum atomic E-state index is 12.0. The quantitative estimate of drug-likeness (QED) is 0.619. The van der Waals surface area contributed by atoms with Crippen LogP contribution >= 0.6 is 0 Å². The van der Waals surface area contributed by atoms with Crippen LogP contribution in [0.2, 0.25) is 0 Å². The molecule has 5 heteroatoms. The zero-order valence-electron chi connectivity index (χ0n) is 10.0. The number of nitrogens with one attached hydrogen (secondary N) is 1. The van der Waals surface area contributed by atoms with Gasteiger partial charge in [-0.1, -0.05) is 13.8 Å². The van der Waals surface area contributed by atoms with Gasteiger partial charge in [-0.25, -0.2) is 0 Å². The fourth-order valence-electron chi connectivity index (χ4n) is 2.11. The Labute approximate surface area is 96.4 Å². The number of nitrogens with two attached hydrogens (primary N) is 1. The lowest BCUT2D eigenvalue weighted by Crippen LogP contribution is -2.44. The van der Waals surface area contributed by atoms with Crippen molar-refractivity contribution >= 4 is 11.8 Å². The van der Waals surface area contributed by atoms with Crippen molar-refractivity contribution in [2.75, 3.05) is 13.1 Å². The second-order valence-electron chi connectivity index (χ2n) is 4.07. The van der Waals surface area contributed by atoms with Crippen molar-refractivity contribution in [1.82, 2.24) is 10.2 Å². The molecule has 1 unspecified atom stereocenters. The van der Waals surface area contributed by atoms with Crippen molar-refractivity contribution < 1.29 is 9.59 Å². The molecule has 1 saturated heterocycles. The minimum Gasteiger partial charge on any atom is -0.329 e. The molecule has 1 aliphatic heterocycles. The zero-order chi connectivity index (χ0) is 12.1. The number of hydrogen-bond acceptors (Lipinski definition) is 4. The van der Waals surface area contributed by atoms with Gasteiger partial charge in [-0.3, -0.25) is 14.5 Å². The Morgan fingerprint density at radius 2 is 2.06 bits per heavy atom. The third-order valence-electron chi connectivity index (χ3n) is 3.03. The van der Waals surface area contributed by atoms with Crippen LogP contribution in [-0.4, -0.2) is 41.9 Å². The molecule has 1 rings (SSSR count). The number of rotatable bonds is 6. The third-order valence-corrected chi connectivity index (χ3v) is 3.03. The van der Waals surface area contributed by atoms with E-state index < -0.39 is 0 Å². The van der Waals surface area contributed by atoms with E-state index in [4.69, 9.17) is 5.73 Å². The number of carbonyl (C=O) groups is 2. The molecule has 92 valence electrons. The van der Waals surface area contributed by atoms with Crippen molar-refractivity contribution in [3.63, 3.8) is 0 Å². The minimum atomic E-state index is -0.364. The van der Waals surface area contributed by atoms with Gasteiger partial charge in [0.25, 0.3) is 0 Å². The molecule has 0 aromatic heterocycles. The van der Waals surface area contributed by atoms with Crippen LogP contribution in [0.3, 0.4) is 0 Å². The van der Waals surface area contributed by atoms with Gasteiger partial charge < -0.3 is 11.1 Å². The highest BCUT2D eigenvalue weighted by Gasteiger charge is 2.40. The van der Waals surface area contributed by atoms with Gasteiger partial charge in [-0.15, -0.1) is 0 Å².